The Labute approximate surface area is 157 Å². The monoisotopic (exact) mass is 373 g/mol. The van der Waals surface area contributed by atoms with Gasteiger partial charge in [0.15, 0.2) is 0 Å². The number of esters is 1. The molecule has 8 heteroatoms. The maximum absolute atomic E-state index is 12.6. The Bertz CT molecular complexity index is 833. The highest BCUT2D eigenvalue weighted by Crippen LogP contribution is 2.35. The first-order valence-corrected chi connectivity index (χ1v) is 8.78. The number of aliphatic hydroxyl groups is 1. The molecule has 0 bridgehead atoms. The molecule has 1 unspecified atom stereocenters. The van der Waals surface area contributed by atoms with Gasteiger partial charge in [-0.2, -0.15) is 0 Å². The summed E-state index contributed by atoms with van der Waals surface area (Å²) in [7, 11) is 1.26. The fourth-order valence-electron chi connectivity index (χ4n) is 3.68. The van der Waals surface area contributed by atoms with Gasteiger partial charge in [-0.15, -0.1) is 0 Å². The van der Waals surface area contributed by atoms with Crippen LogP contribution in [0.5, 0.6) is 0 Å². The number of nitrogens with one attached hydrogen (secondary N) is 1. The third-order valence-electron chi connectivity index (χ3n) is 4.86. The van der Waals surface area contributed by atoms with Gasteiger partial charge < -0.3 is 25.0 Å². The first kappa shape index (κ1) is 18.9. The normalized spacial score (nSPS) is 18.8. The topological polar surface area (TPSA) is 99.2 Å². The van der Waals surface area contributed by atoms with Crippen molar-refractivity contribution in [3.05, 3.63) is 35.0 Å². The Balaban J connectivity index is 1.90. The number of benzene rings is 1. The standard InChI is InChI=1S/C19H23N3O5/c1-11-8-13-9-14(4-5-16(13)22(11)12(2)24)20-17-15(19(26)27-3)10-21(6-7-23)18(17)25/h4-5,9,11,20,23H,6-8,10H2,1-3H3. The summed E-state index contributed by atoms with van der Waals surface area (Å²) in [5.41, 5.74) is 2.91. The summed E-state index contributed by atoms with van der Waals surface area (Å²) in [5, 5.41) is 12.2. The number of amides is 2. The van der Waals surface area contributed by atoms with Gasteiger partial charge in [-0.3, -0.25) is 9.59 Å². The van der Waals surface area contributed by atoms with Gasteiger partial charge in [0.05, 0.1) is 25.8 Å². The van der Waals surface area contributed by atoms with Crippen molar-refractivity contribution in [1.82, 2.24) is 4.90 Å². The number of fused-ring (bicyclic) bond motifs is 1. The molecule has 1 aromatic carbocycles. The molecule has 1 aromatic rings. The molecule has 0 spiro atoms. The zero-order valence-electron chi connectivity index (χ0n) is 15.6. The van der Waals surface area contributed by atoms with Gasteiger partial charge in [-0.1, -0.05) is 0 Å². The molecule has 2 heterocycles. The van der Waals surface area contributed by atoms with E-state index in [1.165, 1.54) is 18.9 Å². The van der Waals surface area contributed by atoms with Crippen LogP contribution in [-0.4, -0.2) is 60.6 Å². The second kappa shape index (κ2) is 7.40. The summed E-state index contributed by atoms with van der Waals surface area (Å²) in [6.45, 7) is 3.57. The van der Waals surface area contributed by atoms with E-state index in [4.69, 9.17) is 9.84 Å². The molecule has 1 atom stereocenters. The molecule has 0 aliphatic carbocycles. The Morgan fingerprint density at radius 1 is 1.37 bits per heavy atom. The van der Waals surface area contributed by atoms with Crippen LogP contribution >= 0.6 is 0 Å². The fraction of sp³-hybridized carbons (Fsp3) is 0.421. The highest BCUT2D eigenvalue weighted by molar-refractivity contribution is 6.08. The molecular weight excluding hydrogens is 350 g/mol. The molecule has 8 nitrogen and oxygen atoms in total. The minimum absolute atomic E-state index is 0.0109. The second-order valence-corrected chi connectivity index (χ2v) is 6.71. The van der Waals surface area contributed by atoms with Crippen molar-refractivity contribution < 1.29 is 24.2 Å². The number of rotatable bonds is 5. The predicted octanol–water partition coefficient (Wildman–Crippen LogP) is 0.658. The average molecular weight is 373 g/mol. The number of hydrogen-bond acceptors (Lipinski definition) is 6. The quantitative estimate of drug-likeness (QED) is 0.736. The molecule has 2 aliphatic heterocycles. The number of nitrogens with zero attached hydrogens (tertiary/aromatic N) is 2. The first-order chi connectivity index (χ1) is 12.9. The maximum Gasteiger partial charge on any atom is 0.337 e. The van der Waals surface area contributed by atoms with E-state index in [-0.39, 0.29) is 48.8 Å². The van der Waals surface area contributed by atoms with Crippen LogP contribution in [0.25, 0.3) is 0 Å². The van der Waals surface area contributed by atoms with Crippen LogP contribution in [0.1, 0.15) is 19.4 Å². The lowest BCUT2D eigenvalue weighted by Gasteiger charge is -2.20. The molecule has 0 aromatic heterocycles. The van der Waals surface area contributed by atoms with Crippen molar-refractivity contribution in [2.24, 2.45) is 0 Å². The Morgan fingerprint density at radius 3 is 2.74 bits per heavy atom. The number of aliphatic hydroxyl groups excluding tert-OH is 1. The van der Waals surface area contributed by atoms with Gasteiger partial charge in [-0.05, 0) is 37.1 Å². The first-order valence-electron chi connectivity index (χ1n) is 8.78. The van der Waals surface area contributed by atoms with Gasteiger partial charge in [-0.25, -0.2) is 4.79 Å². The number of hydrogen-bond donors (Lipinski definition) is 2. The molecule has 2 aliphatic rings. The fourth-order valence-corrected chi connectivity index (χ4v) is 3.68. The van der Waals surface area contributed by atoms with E-state index in [0.29, 0.717) is 5.69 Å². The molecule has 0 radical (unpaired) electrons. The lowest BCUT2D eigenvalue weighted by atomic mass is 10.1. The van der Waals surface area contributed by atoms with E-state index in [0.717, 1.165) is 17.7 Å². The van der Waals surface area contributed by atoms with Crippen molar-refractivity contribution >= 4 is 29.2 Å². The van der Waals surface area contributed by atoms with Crippen LogP contribution in [0, 0.1) is 0 Å². The van der Waals surface area contributed by atoms with Crippen molar-refractivity contribution in [2.75, 3.05) is 37.0 Å². The van der Waals surface area contributed by atoms with Gasteiger partial charge in [0.25, 0.3) is 5.91 Å². The van der Waals surface area contributed by atoms with Gasteiger partial charge in [0.1, 0.15) is 5.70 Å². The van der Waals surface area contributed by atoms with E-state index in [1.807, 2.05) is 19.1 Å². The van der Waals surface area contributed by atoms with E-state index >= 15 is 0 Å². The predicted molar refractivity (Wildman–Crippen MR) is 99.1 cm³/mol. The lowest BCUT2D eigenvalue weighted by molar-refractivity contribution is -0.136. The summed E-state index contributed by atoms with van der Waals surface area (Å²) in [6.07, 6.45) is 0.720. The smallest absolute Gasteiger partial charge is 0.337 e. The minimum Gasteiger partial charge on any atom is -0.466 e. The molecule has 0 saturated heterocycles. The zero-order valence-corrected chi connectivity index (χ0v) is 15.6. The largest absolute Gasteiger partial charge is 0.466 e. The van der Waals surface area contributed by atoms with Crippen LogP contribution in [0.15, 0.2) is 29.5 Å². The second-order valence-electron chi connectivity index (χ2n) is 6.71. The van der Waals surface area contributed by atoms with Gasteiger partial charge in [0, 0.05) is 30.9 Å². The van der Waals surface area contributed by atoms with Crippen LogP contribution in [0.2, 0.25) is 0 Å². The number of carbonyl (C=O) groups excluding carboxylic acids is 3. The summed E-state index contributed by atoms with van der Waals surface area (Å²) in [4.78, 5) is 39.6. The Morgan fingerprint density at radius 2 is 2.11 bits per heavy atom. The number of carbonyl (C=O) groups is 3. The third-order valence-corrected chi connectivity index (χ3v) is 4.86. The summed E-state index contributed by atoms with van der Waals surface area (Å²) in [5.74, 6) is -0.948. The van der Waals surface area contributed by atoms with Crippen molar-refractivity contribution in [2.45, 2.75) is 26.3 Å². The summed E-state index contributed by atoms with van der Waals surface area (Å²) in [6, 6.07) is 5.58. The molecule has 0 fully saturated rings. The number of β-amino-alcohol motifs (C(OH)–C–C–N with tert-alkyl or cyclic N) is 1. The van der Waals surface area contributed by atoms with Crippen LogP contribution < -0.4 is 10.2 Å². The highest BCUT2D eigenvalue weighted by Gasteiger charge is 2.35. The zero-order chi connectivity index (χ0) is 19.7. The van der Waals surface area contributed by atoms with E-state index < -0.39 is 5.97 Å². The van der Waals surface area contributed by atoms with E-state index in [2.05, 4.69) is 5.32 Å². The van der Waals surface area contributed by atoms with Crippen LogP contribution in [-0.2, 0) is 25.5 Å². The number of methoxy groups -OCH3 is 1. The molecule has 2 N–H and O–H groups in total. The Kier molecular flexibility index (Phi) is 5.18. The van der Waals surface area contributed by atoms with Crippen molar-refractivity contribution in [3.8, 4) is 0 Å². The van der Waals surface area contributed by atoms with Crippen LogP contribution in [0.4, 0.5) is 11.4 Å². The summed E-state index contributed by atoms with van der Waals surface area (Å²) >= 11 is 0. The molecule has 27 heavy (non-hydrogen) atoms. The summed E-state index contributed by atoms with van der Waals surface area (Å²) < 4.78 is 4.78. The highest BCUT2D eigenvalue weighted by atomic mass is 16.5. The van der Waals surface area contributed by atoms with E-state index in [1.54, 1.807) is 11.0 Å². The van der Waals surface area contributed by atoms with E-state index in [9.17, 15) is 14.4 Å². The third kappa shape index (κ3) is 3.40. The number of anilines is 2. The Hall–Kier alpha value is -2.87. The van der Waals surface area contributed by atoms with Crippen molar-refractivity contribution in [3.63, 3.8) is 0 Å². The van der Waals surface area contributed by atoms with Crippen LogP contribution in [0.3, 0.4) is 0 Å². The van der Waals surface area contributed by atoms with Crippen molar-refractivity contribution in [1.29, 1.82) is 0 Å². The molecule has 0 saturated carbocycles. The molecular formula is C19H23N3O5. The van der Waals surface area contributed by atoms with Gasteiger partial charge in [0.2, 0.25) is 5.91 Å². The van der Waals surface area contributed by atoms with Gasteiger partial charge >= 0.3 is 5.97 Å². The minimum atomic E-state index is -0.580. The molecule has 144 valence electrons. The lowest BCUT2D eigenvalue weighted by Crippen LogP contribution is -2.33. The molecule has 2 amide bonds. The SMILES string of the molecule is COC(=O)C1=C(Nc2ccc3c(c2)CC(C)N3C(C)=O)C(=O)N(CCO)C1. The molecule has 3 rings (SSSR count). The average Bonchev–Trinajstić information content (AvgIpc) is 3.12. The number of ether oxygens (including phenoxy) is 1. The maximum atomic E-state index is 12.6.